The van der Waals surface area contributed by atoms with Crippen LogP contribution in [-0.4, -0.2) is 43.6 Å². The first-order valence-corrected chi connectivity index (χ1v) is 9.27. The van der Waals surface area contributed by atoms with E-state index in [1.54, 1.807) is 0 Å². The third-order valence-corrected chi connectivity index (χ3v) is 7.61. The Balaban J connectivity index is 1.70. The van der Waals surface area contributed by atoms with Crippen LogP contribution in [0, 0.1) is 0 Å². The summed E-state index contributed by atoms with van der Waals surface area (Å²) in [6, 6.07) is 0. The summed E-state index contributed by atoms with van der Waals surface area (Å²) >= 11 is 0. The van der Waals surface area contributed by atoms with E-state index in [-0.39, 0.29) is 17.8 Å². The van der Waals surface area contributed by atoms with Crippen molar-refractivity contribution in [3.8, 4) is 0 Å². The Morgan fingerprint density at radius 3 is 2.37 bits per heavy atom. The monoisotopic (exact) mass is 286 g/mol. The van der Waals surface area contributed by atoms with Crippen LogP contribution in [0.25, 0.3) is 0 Å². The summed E-state index contributed by atoms with van der Waals surface area (Å²) in [5, 5.41) is 0. The maximum absolute atomic E-state index is 6.17. The summed E-state index contributed by atoms with van der Waals surface area (Å²) in [5.74, 6) is -0.361. The van der Waals surface area contributed by atoms with Gasteiger partial charge in [0.1, 0.15) is 0 Å². The predicted molar refractivity (Wildman–Crippen MR) is 78.0 cm³/mol. The summed E-state index contributed by atoms with van der Waals surface area (Å²) < 4.78 is 23.7. The molecule has 3 aliphatic rings. The Hall–Kier alpha value is -0.00506. The molecule has 4 nitrogen and oxygen atoms in total. The molecule has 19 heavy (non-hydrogen) atoms. The normalized spacial score (nSPS) is 33.5. The van der Waals surface area contributed by atoms with Crippen molar-refractivity contribution in [2.75, 3.05) is 25.7 Å². The Morgan fingerprint density at radius 2 is 1.89 bits per heavy atom. The average molecular weight is 286 g/mol. The van der Waals surface area contributed by atoms with Gasteiger partial charge in [0.2, 0.25) is 0 Å². The highest BCUT2D eigenvalue weighted by Gasteiger charge is 2.51. The summed E-state index contributed by atoms with van der Waals surface area (Å²) in [6.45, 7) is 5.67. The molecule has 0 radical (unpaired) electrons. The molecular weight excluding hydrogens is 263 g/mol. The zero-order valence-corrected chi connectivity index (χ0v) is 13.0. The molecule has 6 heteroatoms. The topological polar surface area (TPSA) is 36.9 Å². The predicted octanol–water partition coefficient (Wildman–Crippen LogP) is 2.63. The third-order valence-electron chi connectivity index (χ3n) is 4.49. The maximum atomic E-state index is 6.17. The quantitative estimate of drug-likeness (QED) is 0.694. The minimum atomic E-state index is -1.18. The van der Waals surface area contributed by atoms with E-state index in [1.165, 1.54) is 5.47 Å². The summed E-state index contributed by atoms with van der Waals surface area (Å²) in [6.07, 6.45) is 9.16. The number of hydrogen-bond acceptors (Lipinski definition) is 4. The minimum absolute atomic E-state index is 0.182. The smallest absolute Gasteiger partial charge is 0.392 e. The van der Waals surface area contributed by atoms with Gasteiger partial charge in [-0.3, -0.25) is 0 Å². The number of rotatable bonds is 1. The second-order valence-electron chi connectivity index (χ2n) is 6.27. The minimum Gasteiger partial charge on any atom is -0.392 e. The fourth-order valence-corrected chi connectivity index (χ4v) is 3.81. The van der Waals surface area contributed by atoms with Gasteiger partial charge in [-0.15, -0.1) is 10.3 Å². The van der Waals surface area contributed by atoms with Crippen molar-refractivity contribution in [2.24, 2.45) is 0 Å². The van der Waals surface area contributed by atoms with Crippen LogP contribution < -0.4 is 0 Å². The molecule has 2 heterocycles. The van der Waals surface area contributed by atoms with Gasteiger partial charge >= 0.3 is 7.12 Å². The molecule has 0 aromatic rings. The molecule has 1 aliphatic carbocycles. The molecule has 108 valence electrons. The second kappa shape index (κ2) is 4.50. The molecule has 0 aromatic heterocycles. The van der Waals surface area contributed by atoms with Gasteiger partial charge in [0.15, 0.2) is 5.79 Å². The van der Waals surface area contributed by atoms with Gasteiger partial charge < -0.3 is 18.2 Å². The molecule has 0 bridgehead atoms. The number of allylic oxidation sites excluding steroid dienone is 1. The van der Waals surface area contributed by atoms with Crippen LogP contribution >= 0.6 is 10.3 Å². The Labute approximate surface area is 117 Å². The second-order valence-corrected chi connectivity index (χ2v) is 9.91. The zero-order chi connectivity index (χ0) is 13.7. The van der Waals surface area contributed by atoms with Crippen LogP contribution in [0.15, 0.2) is 11.5 Å². The van der Waals surface area contributed by atoms with Crippen molar-refractivity contribution in [3.05, 3.63) is 11.5 Å². The van der Waals surface area contributed by atoms with Crippen LogP contribution in [0.4, 0.5) is 0 Å². The van der Waals surface area contributed by atoms with Gasteiger partial charge in [0.05, 0.1) is 18.1 Å². The zero-order valence-electron chi connectivity index (χ0n) is 12.2. The summed E-state index contributed by atoms with van der Waals surface area (Å²) in [5.41, 5.74) is 1.25. The van der Waals surface area contributed by atoms with E-state index in [4.69, 9.17) is 18.2 Å². The standard InChI is InChI=1S/C13H23BO4S/c1-12(2)17-14(18-19(12,3)4)11-5-7-13(8-6-11)15-9-10-16-13/h5H,6-10H2,1-4H3. The highest BCUT2D eigenvalue weighted by molar-refractivity contribution is 8.30. The molecule has 0 saturated carbocycles. The largest absolute Gasteiger partial charge is 0.500 e. The van der Waals surface area contributed by atoms with E-state index in [1.807, 2.05) is 0 Å². The summed E-state index contributed by atoms with van der Waals surface area (Å²) in [7, 11) is -1.36. The van der Waals surface area contributed by atoms with E-state index in [9.17, 15) is 0 Å². The van der Waals surface area contributed by atoms with E-state index >= 15 is 0 Å². The van der Waals surface area contributed by atoms with E-state index in [0.29, 0.717) is 13.2 Å². The van der Waals surface area contributed by atoms with Gasteiger partial charge in [-0.1, -0.05) is 6.08 Å². The van der Waals surface area contributed by atoms with Gasteiger partial charge in [0.25, 0.3) is 0 Å². The van der Waals surface area contributed by atoms with Crippen LogP contribution in [0.3, 0.4) is 0 Å². The molecular formula is C13H23BO4S. The lowest BCUT2D eigenvalue weighted by molar-refractivity contribution is -0.161. The molecule has 2 fully saturated rings. The molecule has 0 unspecified atom stereocenters. The fourth-order valence-electron chi connectivity index (χ4n) is 2.66. The van der Waals surface area contributed by atoms with Gasteiger partial charge in [-0.25, -0.2) is 0 Å². The molecule has 1 spiro atoms. The number of hydrogen-bond donors (Lipinski definition) is 0. The molecule has 0 aromatic carbocycles. The summed E-state index contributed by atoms with van der Waals surface area (Å²) in [4.78, 5) is -0.187. The van der Waals surface area contributed by atoms with Gasteiger partial charge in [-0.2, -0.15) is 0 Å². The van der Waals surface area contributed by atoms with Crippen molar-refractivity contribution >= 4 is 17.4 Å². The molecule has 3 rings (SSSR count). The van der Waals surface area contributed by atoms with E-state index in [0.717, 1.165) is 19.3 Å². The van der Waals surface area contributed by atoms with Gasteiger partial charge in [0, 0.05) is 12.8 Å². The first kappa shape index (κ1) is 14.0. The van der Waals surface area contributed by atoms with Crippen LogP contribution in [0.1, 0.15) is 33.1 Å². The van der Waals surface area contributed by atoms with Crippen molar-refractivity contribution in [1.29, 1.82) is 0 Å². The Kier molecular flexibility index (Phi) is 3.30. The molecule has 0 N–H and O–H groups in total. The SMILES string of the molecule is CC1(C)OB(C2=CCC3(CC2)OCCO3)OS1(C)C. The van der Waals surface area contributed by atoms with Crippen molar-refractivity contribution in [1.82, 2.24) is 0 Å². The fraction of sp³-hybridized carbons (Fsp3) is 0.846. The highest BCUT2D eigenvalue weighted by atomic mass is 32.3. The Bertz CT molecular complexity index is 385. The lowest BCUT2D eigenvalue weighted by Gasteiger charge is -2.37. The average Bonchev–Trinajstić information content (AvgIpc) is 2.84. The maximum Gasteiger partial charge on any atom is 0.500 e. The first-order chi connectivity index (χ1) is 8.84. The molecule has 2 saturated heterocycles. The van der Waals surface area contributed by atoms with Crippen molar-refractivity contribution in [3.63, 3.8) is 0 Å². The van der Waals surface area contributed by atoms with Crippen LogP contribution in [0.5, 0.6) is 0 Å². The lowest BCUT2D eigenvalue weighted by atomic mass is 9.71. The Morgan fingerprint density at radius 1 is 1.21 bits per heavy atom. The highest BCUT2D eigenvalue weighted by Crippen LogP contribution is 2.61. The number of ether oxygens (including phenoxy) is 2. The van der Waals surface area contributed by atoms with Gasteiger partial charge in [-0.05, 0) is 38.3 Å². The van der Waals surface area contributed by atoms with Crippen molar-refractivity contribution < 1.29 is 18.2 Å². The molecule has 0 atom stereocenters. The van der Waals surface area contributed by atoms with Crippen LogP contribution in [0.2, 0.25) is 0 Å². The first-order valence-electron chi connectivity index (χ1n) is 6.89. The third kappa shape index (κ3) is 2.38. The van der Waals surface area contributed by atoms with E-state index in [2.05, 4.69) is 32.4 Å². The van der Waals surface area contributed by atoms with Crippen molar-refractivity contribution in [2.45, 2.75) is 43.8 Å². The van der Waals surface area contributed by atoms with Crippen LogP contribution in [-0.2, 0) is 18.2 Å². The molecule has 0 amide bonds. The van der Waals surface area contributed by atoms with E-state index < -0.39 is 10.3 Å². The molecule has 2 aliphatic heterocycles. The lowest BCUT2D eigenvalue weighted by Crippen LogP contribution is -2.35.